The number of anilines is 3. The van der Waals surface area contributed by atoms with E-state index >= 15 is 0 Å². The molecule has 0 bridgehead atoms. The largest absolute Gasteiger partial charge is 0.373 e. The van der Waals surface area contributed by atoms with E-state index < -0.39 is 0 Å². The van der Waals surface area contributed by atoms with E-state index in [2.05, 4.69) is 38.4 Å². The summed E-state index contributed by atoms with van der Waals surface area (Å²) in [6.45, 7) is 0. The van der Waals surface area contributed by atoms with E-state index in [9.17, 15) is 0 Å². The van der Waals surface area contributed by atoms with Crippen molar-refractivity contribution >= 4 is 17.3 Å². The fourth-order valence-corrected chi connectivity index (χ4v) is 2.73. The van der Waals surface area contributed by atoms with Crippen LogP contribution in [0.3, 0.4) is 0 Å². The van der Waals surface area contributed by atoms with Gasteiger partial charge in [-0.3, -0.25) is 0 Å². The minimum absolute atomic E-state index is 0.833. The van der Waals surface area contributed by atoms with E-state index in [-0.39, 0.29) is 0 Å². The molecule has 1 aliphatic carbocycles. The Labute approximate surface area is 119 Å². The van der Waals surface area contributed by atoms with Crippen LogP contribution >= 0.6 is 0 Å². The molecule has 3 rings (SSSR count). The maximum atomic E-state index is 4.35. The number of aryl methyl sites for hydroxylation is 2. The van der Waals surface area contributed by atoms with Gasteiger partial charge < -0.3 is 10.2 Å². The zero-order valence-electron chi connectivity index (χ0n) is 12.1. The van der Waals surface area contributed by atoms with Crippen LogP contribution in [0.1, 0.15) is 24.0 Å². The van der Waals surface area contributed by atoms with Gasteiger partial charge in [0.25, 0.3) is 0 Å². The van der Waals surface area contributed by atoms with Crippen molar-refractivity contribution in [2.24, 2.45) is 0 Å². The summed E-state index contributed by atoms with van der Waals surface area (Å²) in [6.07, 6.45) is 6.63. The SMILES string of the molecule is CNc1cc(N(C)c2ccc3c(c2)CCCC3)ncn1. The van der Waals surface area contributed by atoms with Crippen LogP contribution in [-0.4, -0.2) is 24.1 Å². The highest BCUT2D eigenvalue weighted by Gasteiger charge is 2.12. The number of aromatic nitrogens is 2. The monoisotopic (exact) mass is 268 g/mol. The second kappa shape index (κ2) is 5.49. The minimum Gasteiger partial charge on any atom is -0.373 e. The lowest BCUT2D eigenvalue weighted by Gasteiger charge is -2.22. The van der Waals surface area contributed by atoms with Gasteiger partial charge in [-0.25, -0.2) is 9.97 Å². The molecule has 1 aromatic heterocycles. The maximum absolute atomic E-state index is 4.35. The number of nitrogens with one attached hydrogen (secondary N) is 1. The summed E-state index contributed by atoms with van der Waals surface area (Å²) in [5.41, 5.74) is 4.18. The molecule has 20 heavy (non-hydrogen) atoms. The van der Waals surface area contributed by atoms with Crippen molar-refractivity contribution < 1.29 is 0 Å². The molecule has 4 heteroatoms. The second-order valence-corrected chi connectivity index (χ2v) is 5.23. The molecule has 0 aliphatic heterocycles. The molecule has 104 valence electrons. The number of benzene rings is 1. The number of nitrogens with zero attached hydrogens (tertiary/aromatic N) is 3. The van der Waals surface area contributed by atoms with E-state index in [1.165, 1.54) is 42.5 Å². The summed E-state index contributed by atoms with van der Waals surface area (Å²) in [7, 11) is 3.91. The molecule has 0 saturated heterocycles. The van der Waals surface area contributed by atoms with Crippen LogP contribution in [0.4, 0.5) is 17.3 Å². The number of fused-ring (bicyclic) bond motifs is 1. The third-order valence-electron chi connectivity index (χ3n) is 3.97. The molecule has 2 aromatic rings. The third kappa shape index (κ3) is 2.46. The summed E-state index contributed by atoms with van der Waals surface area (Å²) in [5.74, 6) is 1.74. The van der Waals surface area contributed by atoms with Crippen LogP contribution in [0.25, 0.3) is 0 Å². The van der Waals surface area contributed by atoms with Crippen molar-refractivity contribution in [3.05, 3.63) is 41.7 Å². The lowest BCUT2D eigenvalue weighted by Crippen LogP contribution is -2.13. The number of hydrogen-bond acceptors (Lipinski definition) is 4. The lowest BCUT2D eigenvalue weighted by molar-refractivity contribution is 0.685. The van der Waals surface area contributed by atoms with Crippen LogP contribution in [0.2, 0.25) is 0 Å². The van der Waals surface area contributed by atoms with Gasteiger partial charge >= 0.3 is 0 Å². The van der Waals surface area contributed by atoms with Crippen LogP contribution < -0.4 is 10.2 Å². The first-order valence-electron chi connectivity index (χ1n) is 7.13. The quantitative estimate of drug-likeness (QED) is 0.928. The summed E-state index contributed by atoms with van der Waals surface area (Å²) >= 11 is 0. The molecule has 1 aliphatic rings. The molecule has 0 saturated carbocycles. The Morgan fingerprint density at radius 1 is 1.05 bits per heavy atom. The van der Waals surface area contributed by atoms with Crippen LogP contribution in [-0.2, 0) is 12.8 Å². The smallest absolute Gasteiger partial charge is 0.138 e. The summed E-state index contributed by atoms with van der Waals surface area (Å²) in [5, 5.41) is 3.05. The Balaban J connectivity index is 1.91. The first-order chi connectivity index (χ1) is 9.78. The summed E-state index contributed by atoms with van der Waals surface area (Å²) in [6, 6.07) is 8.71. The van der Waals surface area contributed by atoms with E-state index in [4.69, 9.17) is 0 Å². The fraction of sp³-hybridized carbons (Fsp3) is 0.375. The zero-order chi connectivity index (χ0) is 13.9. The van der Waals surface area contributed by atoms with Gasteiger partial charge in [0, 0.05) is 25.8 Å². The van der Waals surface area contributed by atoms with Gasteiger partial charge in [0.15, 0.2) is 0 Å². The minimum atomic E-state index is 0.833. The Morgan fingerprint density at radius 3 is 2.65 bits per heavy atom. The first kappa shape index (κ1) is 12.9. The van der Waals surface area contributed by atoms with Gasteiger partial charge in [0.1, 0.15) is 18.0 Å². The molecule has 4 nitrogen and oxygen atoms in total. The third-order valence-corrected chi connectivity index (χ3v) is 3.97. The predicted octanol–water partition coefficient (Wildman–Crippen LogP) is 3.17. The van der Waals surface area contributed by atoms with E-state index in [1.807, 2.05) is 20.2 Å². The molecule has 0 spiro atoms. The molecule has 0 amide bonds. The second-order valence-electron chi connectivity index (χ2n) is 5.23. The highest BCUT2D eigenvalue weighted by Crippen LogP contribution is 2.28. The first-order valence-corrected chi connectivity index (χ1v) is 7.13. The lowest BCUT2D eigenvalue weighted by atomic mass is 9.91. The normalized spacial score (nSPS) is 13.7. The van der Waals surface area contributed by atoms with Crippen molar-refractivity contribution in [2.45, 2.75) is 25.7 Å². The predicted molar refractivity (Wildman–Crippen MR) is 82.7 cm³/mol. The molecule has 1 heterocycles. The van der Waals surface area contributed by atoms with E-state index in [0.717, 1.165) is 11.6 Å². The summed E-state index contributed by atoms with van der Waals surface area (Å²) < 4.78 is 0. The van der Waals surface area contributed by atoms with Crippen LogP contribution in [0.5, 0.6) is 0 Å². The Hall–Kier alpha value is -2.10. The number of rotatable bonds is 3. The zero-order valence-corrected chi connectivity index (χ0v) is 12.1. The molecule has 1 aromatic carbocycles. The average molecular weight is 268 g/mol. The van der Waals surface area contributed by atoms with Gasteiger partial charge in [-0.2, -0.15) is 0 Å². The van der Waals surface area contributed by atoms with Crippen LogP contribution in [0.15, 0.2) is 30.6 Å². The average Bonchev–Trinajstić information content (AvgIpc) is 2.53. The van der Waals surface area contributed by atoms with E-state index in [1.54, 1.807) is 6.33 Å². The summed E-state index contributed by atoms with van der Waals surface area (Å²) in [4.78, 5) is 10.6. The molecule has 1 N–H and O–H groups in total. The van der Waals surface area contributed by atoms with Gasteiger partial charge in [0.2, 0.25) is 0 Å². The van der Waals surface area contributed by atoms with Gasteiger partial charge in [-0.1, -0.05) is 6.07 Å². The van der Waals surface area contributed by atoms with Crippen molar-refractivity contribution in [2.75, 3.05) is 24.3 Å². The highest BCUT2D eigenvalue weighted by molar-refractivity contribution is 5.63. The van der Waals surface area contributed by atoms with Crippen molar-refractivity contribution in [3.8, 4) is 0 Å². The van der Waals surface area contributed by atoms with Crippen LogP contribution in [0, 0.1) is 0 Å². The van der Waals surface area contributed by atoms with E-state index in [0.29, 0.717) is 0 Å². The van der Waals surface area contributed by atoms with Gasteiger partial charge in [-0.15, -0.1) is 0 Å². The maximum Gasteiger partial charge on any atom is 0.138 e. The van der Waals surface area contributed by atoms with Crippen molar-refractivity contribution in [1.29, 1.82) is 0 Å². The van der Waals surface area contributed by atoms with Gasteiger partial charge in [-0.05, 0) is 48.9 Å². The molecular weight excluding hydrogens is 248 g/mol. The van der Waals surface area contributed by atoms with Gasteiger partial charge in [0.05, 0.1) is 0 Å². The molecule has 0 fully saturated rings. The van der Waals surface area contributed by atoms with Crippen molar-refractivity contribution in [3.63, 3.8) is 0 Å². The fourth-order valence-electron chi connectivity index (χ4n) is 2.73. The van der Waals surface area contributed by atoms with Crippen molar-refractivity contribution in [1.82, 2.24) is 9.97 Å². The standard InChI is InChI=1S/C16H20N4/c1-17-15-10-16(19-11-18-15)20(2)14-8-7-12-5-3-4-6-13(12)9-14/h7-11H,3-6H2,1-2H3,(H,17,18,19). The molecule has 0 unspecified atom stereocenters. The highest BCUT2D eigenvalue weighted by atomic mass is 15.2. The number of hydrogen-bond donors (Lipinski definition) is 1. The molecule has 0 radical (unpaired) electrons. The topological polar surface area (TPSA) is 41.0 Å². The Morgan fingerprint density at radius 2 is 1.85 bits per heavy atom. The molecular formula is C16H20N4. The molecule has 0 atom stereocenters. The Bertz CT molecular complexity index is 609. The Kier molecular flexibility index (Phi) is 3.54.